The van der Waals surface area contributed by atoms with Crippen LogP contribution in [0.25, 0.3) is 0 Å². The second-order valence-electron chi connectivity index (χ2n) is 2.10. The predicted molar refractivity (Wildman–Crippen MR) is 45.9 cm³/mol. The third kappa shape index (κ3) is 1.54. The van der Waals surface area contributed by atoms with E-state index in [1.807, 2.05) is 6.92 Å². The molecule has 0 radical (unpaired) electrons. The van der Waals surface area contributed by atoms with Crippen molar-refractivity contribution in [1.29, 1.82) is 0 Å². The molecule has 0 atom stereocenters. The average molecular weight is 171 g/mol. The molecule has 11 heavy (non-hydrogen) atoms. The van der Waals surface area contributed by atoms with E-state index in [0.29, 0.717) is 17.3 Å². The lowest BCUT2D eigenvalue weighted by Gasteiger charge is -1.99. The van der Waals surface area contributed by atoms with Crippen molar-refractivity contribution in [3.05, 3.63) is 16.2 Å². The molecule has 0 fully saturated rings. The summed E-state index contributed by atoms with van der Waals surface area (Å²) in [5.41, 5.74) is 5.08. The van der Waals surface area contributed by atoms with Gasteiger partial charge in [0.15, 0.2) is 0 Å². The first-order chi connectivity index (χ1) is 5.15. The Morgan fingerprint density at radius 3 is 2.82 bits per heavy atom. The van der Waals surface area contributed by atoms with Gasteiger partial charge in [-0.2, -0.15) is 0 Å². The molecule has 3 N–H and O–H groups in total. The largest absolute Gasteiger partial charge is 0.392 e. The number of nitrogens with zero attached hydrogens (tertiary/aromatic N) is 1. The van der Waals surface area contributed by atoms with Crippen molar-refractivity contribution in [2.24, 2.45) is 0 Å². The number of hydrogen-bond donors (Lipinski definition) is 3. The minimum Gasteiger partial charge on any atom is -0.392 e. The van der Waals surface area contributed by atoms with Crippen molar-refractivity contribution in [2.75, 3.05) is 5.73 Å². The molecular formula is C6H9N3OS. The van der Waals surface area contributed by atoms with Crippen LogP contribution in [0.5, 0.6) is 0 Å². The standard InChI is InChI=1S/C6H9N3OS/c1-2-3-8-5(10)4(7)6(11)9-3/h2,7H2,1H3,(H2,8,9,10,11). The van der Waals surface area contributed by atoms with Gasteiger partial charge in [0.2, 0.25) is 0 Å². The van der Waals surface area contributed by atoms with Crippen molar-refractivity contribution >= 4 is 18.3 Å². The van der Waals surface area contributed by atoms with E-state index >= 15 is 0 Å². The zero-order chi connectivity index (χ0) is 8.43. The zero-order valence-electron chi connectivity index (χ0n) is 6.09. The van der Waals surface area contributed by atoms with Crippen LogP contribution in [0.4, 0.5) is 5.69 Å². The fourth-order valence-electron chi connectivity index (χ4n) is 0.683. The maximum Gasteiger partial charge on any atom is 0.275 e. The minimum atomic E-state index is -0.318. The number of nitrogen functional groups attached to an aromatic ring is 1. The van der Waals surface area contributed by atoms with Gasteiger partial charge in [-0.15, -0.1) is 12.6 Å². The molecule has 5 heteroatoms. The number of nitrogens with two attached hydrogens (primary N) is 1. The molecule has 0 aromatic carbocycles. The number of aryl methyl sites for hydroxylation is 1. The molecule has 0 bridgehead atoms. The lowest BCUT2D eigenvalue weighted by molar-refractivity contribution is 0.878. The summed E-state index contributed by atoms with van der Waals surface area (Å²) >= 11 is 3.94. The molecule has 0 saturated carbocycles. The van der Waals surface area contributed by atoms with Crippen molar-refractivity contribution in [2.45, 2.75) is 18.4 Å². The Morgan fingerprint density at radius 2 is 2.36 bits per heavy atom. The van der Waals surface area contributed by atoms with Crippen LogP contribution < -0.4 is 11.3 Å². The minimum absolute atomic E-state index is 0.0746. The van der Waals surface area contributed by atoms with Crippen molar-refractivity contribution in [3.63, 3.8) is 0 Å². The van der Waals surface area contributed by atoms with Crippen molar-refractivity contribution in [1.82, 2.24) is 9.97 Å². The van der Waals surface area contributed by atoms with Crippen LogP contribution in [-0.2, 0) is 6.42 Å². The molecule has 1 rings (SSSR count). The summed E-state index contributed by atoms with van der Waals surface area (Å²) in [6, 6.07) is 0. The second-order valence-corrected chi connectivity index (χ2v) is 2.53. The van der Waals surface area contributed by atoms with Gasteiger partial charge in [0.1, 0.15) is 16.5 Å². The summed E-state index contributed by atoms with van der Waals surface area (Å²) in [5.74, 6) is 0.606. The van der Waals surface area contributed by atoms with Crippen molar-refractivity contribution < 1.29 is 0 Å². The highest BCUT2D eigenvalue weighted by Crippen LogP contribution is 2.06. The third-order valence-electron chi connectivity index (χ3n) is 1.32. The highest BCUT2D eigenvalue weighted by atomic mass is 32.1. The number of hydrogen-bond acceptors (Lipinski definition) is 4. The third-order valence-corrected chi connectivity index (χ3v) is 1.66. The van der Waals surface area contributed by atoms with E-state index in [1.165, 1.54) is 0 Å². The monoisotopic (exact) mass is 171 g/mol. The number of rotatable bonds is 1. The Bertz CT molecular complexity index is 320. The van der Waals surface area contributed by atoms with Gasteiger partial charge < -0.3 is 10.7 Å². The van der Waals surface area contributed by atoms with Crippen LogP contribution in [0.2, 0.25) is 0 Å². The van der Waals surface area contributed by atoms with Gasteiger partial charge in [0, 0.05) is 6.42 Å². The fourth-order valence-corrected chi connectivity index (χ4v) is 0.906. The van der Waals surface area contributed by atoms with E-state index in [-0.39, 0.29) is 11.2 Å². The zero-order valence-corrected chi connectivity index (χ0v) is 6.98. The molecule has 1 heterocycles. The Kier molecular flexibility index (Phi) is 2.19. The SMILES string of the molecule is CCc1nc(S)c(N)c(=O)[nH]1. The Balaban J connectivity index is 3.32. The highest BCUT2D eigenvalue weighted by Gasteiger charge is 2.02. The first kappa shape index (κ1) is 8.13. The smallest absolute Gasteiger partial charge is 0.275 e. The van der Waals surface area contributed by atoms with Gasteiger partial charge in [0.25, 0.3) is 5.56 Å². The molecule has 1 aromatic heterocycles. The molecule has 0 saturated heterocycles. The fraction of sp³-hybridized carbons (Fsp3) is 0.333. The number of nitrogens with one attached hydrogen (secondary N) is 1. The lowest BCUT2D eigenvalue weighted by Crippen LogP contribution is -2.16. The average Bonchev–Trinajstić information content (AvgIpc) is 1.99. The first-order valence-electron chi connectivity index (χ1n) is 3.22. The molecule has 0 spiro atoms. The normalized spacial score (nSPS) is 10.0. The second kappa shape index (κ2) is 2.96. The maximum absolute atomic E-state index is 11.0. The summed E-state index contributed by atoms with van der Waals surface area (Å²) in [4.78, 5) is 17.4. The quantitative estimate of drug-likeness (QED) is 0.417. The summed E-state index contributed by atoms with van der Waals surface area (Å²) in [6.07, 6.45) is 0.670. The Morgan fingerprint density at radius 1 is 1.73 bits per heavy atom. The van der Waals surface area contributed by atoms with Crippen LogP contribution in [0.3, 0.4) is 0 Å². The van der Waals surface area contributed by atoms with Crippen molar-refractivity contribution in [3.8, 4) is 0 Å². The maximum atomic E-state index is 11.0. The number of anilines is 1. The summed E-state index contributed by atoms with van der Waals surface area (Å²) in [5, 5.41) is 0.297. The molecule has 0 amide bonds. The molecule has 0 unspecified atom stereocenters. The summed E-state index contributed by atoms with van der Waals surface area (Å²) < 4.78 is 0. The molecule has 0 aliphatic heterocycles. The van der Waals surface area contributed by atoms with Gasteiger partial charge in [0.05, 0.1) is 0 Å². The van der Waals surface area contributed by atoms with Gasteiger partial charge in [-0.05, 0) is 0 Å². The Hall–Kier alpha value is -0.970. The number of H-pyrrole nitrogens is 1. The number of aromatic nitrogens is 2. The molecule has 0 aliphatic carbocycles. The Labute approximate surface area is 69.3 Å². The number of thiol groups is 1. The van der Waals surface area contributed by atoms with E-state index in [1.54, 1.807) is 0 Å². The summed E-state index contributed by atoms with van der Waals surface area (Å²) in [7, 11) is 0. The van der Waals surface area contributed by atoms with Crippen LogP contribution >= 0.6 is 12.6 Å². The molecule has 0 aliphatic rings. The van der Waals surface area contributed by atoms with E-state index < -0.39 is 0 Å². The summed E-state index contributed by atoms with van der Waals surface area (Å²) in [6.45, 7) is 1.89. The van der Waals surface area contributed by atoms with Gasteiger partial charge in [-0.25, -0.2) is 4.98 Å². The van der Waals surface area contributed by atoms with Crippen LogP contribution in [-0.4, -0.2) is 9.97 Å². The van der Waals surface area contributed by atoms with E-state index in [0.717, 1.165) is 0 Å². The molecule has 4 nitrogen and oxygen atoms in total. The van der Waals surface area contributed by atoms with E-state index in [4.69, 9.17) is 5.73 Å². The molecule has 60 valence electrons. The van der Waals surface area contributed by atoms with E-state index in [2.05, 4.69) is 22.6 Å². The first-order valence-corrected chi connectivity index (χ1v) is 3.67. The molecular weight excluding hydrogens is 162 g/mol. The van der Waals surface area contributed by atoms with Crippen LogP contribution in [0.1, 0.15) is 12.7 Å². The number of aromatic amines is 1. The van der Waals surface area contributed by atoms with Crippen LogP contribution in [0.15, 0.2) is 9.82 Å². The van der Waals surface area contributed by atoms with E-state index in [9.17, 15) is 4.79 Å². The predicted octanol–water partition coefficient (Wildman–Crippen LogP) is 0.203. The van der Waals surface area contributed by atoms with Gasteiger partial charge >= 0.3 is 0 Å². The van der Waals surface area contributed by atoms with Gasteiger partial charge in [-0.1, -0.05) is 6.92 Å². The topological polar surface area (TPSA) is 71.8 Å². The molecule has 1 aromatic rings. The lowest BCUT2D eigenvalue weighted by atomic mass is 10.4. The van der Waals surface area contributed by atoms with Gasteiger partial charge in [-0.3, -0.25) is 4.79 Å². The highest BCUT2D eigenvalue weighted by molar-refractivity contribution is 7.80. The van der Waals surface area contributed by atoms with Crippen LogP contribution in [0, 0.1) is 0 Å².